The molecule has 0 heterocycles. The highest BCUT2D eigenvalue weighted by atomic mass is 35.5. The molecule has 0 saturated carbocycles. The van der Waals surface area contributed by atoms with E-state index in [9.17, 15) is 9.18 Å². The second-order valence-electron chi connectivity index (χ2n) is 3.72. The molecule has 0 radical (unpaired) electrons. The Bertz CT molecular complexity index is 401. The first-order valence-corrected chi connectivity index (χ1v) is 4.99. The summed E-state index contributed by atoms with van der Waals surface area (Å²) < 4.78 is 13.2. The fourth-order valence-corrected chi connectivity index (χ4v) is 2.01. The van der Waals surface area contributed by atoms with Crippen molar-refractivity contribution < 1.29 is 9.18 Å². The summed E-state index contributed by atoms with van der Waals surface area (Å²) in [5.41, 5.74) is 1.39. The lowest BCUT2D eigenvalue weighted by atomic mass is 9.83. The number of rotatable bonds is 0. The van der Waals surface area contributed by atoms with Crippen LogP contribution in [0.4, 0.5) is 4.39 Å². The van der Waals surface area contributed by atoms with Gasteiger partial charge in [-0.15, -0.1) is 0 Å². The van der Waals surface area contributed by atoms with Gasteiger partial charge in [0.1, 0.15) is 5.82 Å². The van der Waals surface area contributed by atoms with Crippen molar-refractivity contribution in [1.82, 2.24) is 0 Å². The Labute approximate surface area is 86.9 Å². The molecule has 0 aromatic heterocycles. The Morgan fingerprint density at radius 3 is 2.93 bits per heavy atom. The van der Waals surface area contributed by atoms with E-state index in [-0.39, 0.29) is 16.7 Å². The van der Waals surface area contributed by atoms with Gasteiger partial charge in [0.25, 0.3) is 0 Å². The number of hydrogen-bond acceptors (Lipinski definition) is 1. The number of carbonyl (C=O) groups is 1. The summed E-state index contributed by atoms with van der Waals surface area (Å²) in [5, 5.41) is 0.0335. The molecule has 1 atom stereocenters. The van der Waals surface area contributed by atoms with Gasteiger partial charge in [-0.2, -0.15) is 0 Å². The van der Waals surface area contributed by atoms with Gasteiger partial charge in [-0.05, 0) is 30.0 Å². The van der Waals surface area contributed by atoms with E-state index >= 15 is 0 Å². The maximum Gasteiger partial charge on any atom is 0.163 e. The number of carbonyl (C=O) groups excluding carboxylic acids is 1. The Hall–Kier alpha value is -0.890. The molecular weight excluding hydrogens is 203 g/mol. The predicted molar refractivity (Wildman–Crippen MR) is 53.4 cm³/mol. The Morgan fingerprint density at radius 2 is 2.21 bits per heavy atom. The van der Waals surface area contributed by atoms with Gasteiger partial charge in [0, 0.05) is 12.0 Å². The lowest BCUT2D eigenvalue weighted by Gasteiger charge is -2.21. The van der Waals surface area contributed by atoms with Gasteiger partial charge < -0.3 is 0 Å². The van der Waals surface area contributed by atoms with Gasteiger partial charge in [-0.3, -0.25) is 4.79 Å². The summed E-state index contributed by atoms with van der Waals surface area (Å²) in [6, 6.07) is 2.84. The second-order valence-corrected chi connectivity index (χ2v) is 4.12. The zero-order valence-electron chi connectivity index (χ0n) is 7.81. The molecule has 1 unspecified atom stereocenters. The molecule has 1 nitrogen and oxygen atoms in total. The minimum Gasteiger partial charge on any atom is -0.294 e. The van der Waals surface area contributed by atoms with Crippen LogP contribution in [-0.4, -0.2) is 5.78 Å². The maximum atomic E-state index is 13.2. The van der Waals surface area contributed by atoms with Gasteiger partial charge in [0.2, 0.25) is 0 Å². The molecule has 1 aromatic rings. The summed E-state index contributed by atoms with van der Waals surface area (Å²) >= 11 is 5.63. The summed E-state index contributed by atoms with van der Waals surface area (Å²) in [5.74, 6) is -0.124. The minimum absolute atomic E-state index is 0.0335. The van der Waals surface area contributed by atoms with Gasteiger partial charge in [-0.25, -0.2) is 4.39 Å². The molecule has 1 aliphatic carbocycles. The van der Waals surface area contributed by atoms with Crippen LogP contribution >= 0.6 is 11.6 Å². The molecule has 0 bridgehead atoms. The first-order chi connectivity index (χ1) is 6.59. The largest absolute Gasteiger partial charge is 0.294 e. The smallest absolute Gasteiger partial charge is 0.163 e. The molecule has 1 aromatic carbocycles. The van der Waals surface area contributed by atoms with Crippen molar-refractivity contribution in [1.29, 1.82) is 0 Å². The molecule has 0 saturated heterocycles. The average Bonchev–Trinajstić information content (AvgIpc) is 2.15. The third kappa shape index (κ3) is 1.44. The number of Topliss-reactive ketones (excluding diaryl/α,β-unsaturated/α-hetero) is 1. The Kier molecular flexibility index (Phi) is 2.31. The van der Waals surface area contributed by atoms with E-state index in [1.165, 1.54) is 12.1 Å². The van der Waals surface area contributed by atoms with Crippen LogP contribution in [-0.2, 0) is 0 Å². The predicted octanol–water partition coefficient (Wildman–Crippen LogP) is 3.56. The third-order valence-electron chi connectivity index (χ3n) is 2.73. The molecule has 0 spiro atoms. The van der Waals surface area contributed by atoms with Crippen molar-refractivity contribution in [2.45, 2.75) is 25.7 Å². The quantitative estimate of drug-likeness (QED) is 0.643. The molecule has 0 aliphatic heterocycles. The van der Waals surface area contributed by atoms with E-state index in [0.29, 0.717) is 12.0 Å². The van der Waals surface area contributed by atoms with Gasteiger partial charge >= 0.3 is 0 Å². The van der Waals surface area contributed by atoms with Crippen LogP contribution in [0.1, 0.15) is 41.6 Å². The van der Waals surface area contributed by atoms with Crippen molar-refractivity contribution in [3.05, 3.63) is 34.1 Å². The fraction of sp³-hybridized carbons (Fsp3) is 0.364. The topological polar surface area (TPSA) is 17.1 Å². The van der Waals surface area contributed by atoms with Crippen LogP contribution in [0.3, 0.4) is 0 Å². The van der Waals surface area contributed by atoms with Crippen molar-refractivity contribution in [3.63, 3.8) is 0 Å². The molecule has 0 fully saturated rings. The first-order valence-electron chi connectivity index (χ1n) is 4.61. The first kappa shape index (κ1) is 9.66. The van der Waals surface area contributed by atoms with E-state index in [2.05, 4.69) is 0 Å². The van der Waals surface area contributed by atoms with E-state index in [0.717, 1.165) is 12.0 Å². The zero-order chi connectivity index (χ0) is 10.3. The van der Waals surface area contributed by atoms with Crippen molar-refractivity contribution in [2.24, 2.45) is 0 Å². The normalized spacial score (nSPS) is 20.8. The van der Waals surface area contributed by atoms with Crippen LogP contribution in [0, 0.1) is 5.82 Å². The van der Waals surface area contributed by atoms with Crippen molar-refractivity contribution >= 4 is 17.4 Å². The number of ketones is 1. The second kappa shape index (κ2) is 3.35. The standard InChI is InChI=1S/C11H10ClFO/c1-6-2-3-11(14)8-4-9(12)10(13)5-7(6)8/h4-6H,2-3H2,1H3. The SMILES string of the molecule is CC1CCC(=O)c2cc(Cl)c(F)cc21. The monoisotopic (exact) mass is 212 g/mol. The third-order valence-corrected chi connectivity index (χ3v) is 3.02. The maximum absolute atomic E-state index is 13.2. The fourth-order valence-electron chi connectivity index (χ4n) is 1.85. The average molecular weight is 213 g/mol. The Balaban J connectivity index is 2.62. The van der Waals surface area contributed by atoms with Crippen LogP contribution < -0.4 is 0 Å². The van der Waals surface area contributed by atoms with E-state index in [4.69, 9.17) is 11.6 Å². The highest BCUT2D eigenvalue weighted by Gasteiger charge is 2.24. The number of halogens is 2. The number of benzene rings is 1. The van der Waals surface area contributed by atoms with Crippen LogP contribution in [0.15, 0.2) is 12.1 Å². The van der Waals surface area contributed by atoms with Crippen LogP contribution in [0.25, 0.3) is 0 Å². The summed E-state index contributed by atoms with van der Waals surface area (Å²) in [4.78, 5) is 11.5. The summed E-state index contributed by atoms with van der Waals surface area (Å²) in [6.07, 6.45) is 1.34. The van der Waals surface area contributed by atoms with Crippen LogP contribution in [0.2, 0.25) is 5.02 Å². The van der Waals surface area contributed by atoms with E-state index in [1.807, 2.05) is 6.92 Å². The molecule has 74 valence electrons. The minimum atomic E-state index is -0.438. The number of hydrogen-bond donors (Lipinski definition) is 0. The number of fused-ring (bicyclic) bond motifs is 1. The lowest BCUT2D eigenvalue weighted by molar-refractivity contribution is 0.0968. The van der Waals surface area contributed by atoms with Crippen molar-refractivity contribution in [3.8, 4) is 0 Å². The highest BCUT2D eigenvalue weighted by molar-refractivity contribution is 6.31. The Morgan fingerprint density at radius 1 is 1.50 bits per heavy atom. The summed E-state index contributed by atoms with van der Waals surface area (Å²) in [6.45, 7) is 2.00. The lowest BCUT2D eigenvalue weighted by Crippen LogP contribution is -2.14. The van der Waals surface area contributed by atoms with Gasteiger partial charge in [0.05, 0.1) is 5.02 Å². The van der Waals surface area contributed by atoms with Gasteiger partial charge in [-0.1, -0.05) is 18.5 Å². The van der Waals surface area contributed by atoms with Crippen LogP contribution in [0.5, 0.6) is 0 Å². The van der Waals surface area contributed by atoms with E-state index in [1.54, 1.807) is 0 Å². The zero-order valence-corrected chi connectivity index (χ0v) is 8.57. The molecule has 0 amide bonds. The molecule has 2 rings (SSSR count). The van der Waals surface area contributed by atoms with Crippen molar-refractivity contribution in [2.75, 3.05) is 0 Å². The van der Waals surface area contributed by atoms with E-state index < -0.39 is 5.82 Å². The molecule has 0 N–H and O–H groups in total. The van der Waals surface area contributed by atoms with Gasteiger partial charge in [0.15, 0.2) is 5.78 Å². The molecule has 3 heteroatoms. The molecule has 14 heavy (non-hydrogen) atoms. The highest BCUT2D eigenvalue weighted by Crippen LogP contribution is 2.33. The molecule has 1 aliphatic rings. The summed E-state index contributed by atoms with van der Waals surface area (Å²) in [7, 11) is 0. The molecular formula is C11H10ClFO.